The molecule has 10 amide bonds. The minimum atomic E-state index is -1.99. The lowest BCUT2D eigenvalue weighted by Gasteiger charge is -2.31. The molecule has 0 spiro atoms. The minimum Gasteiger partial charge on any atom is -0.507 e. The number of nitrogens with one attached hydrogen (secondary N) is 6. The molecule has 6 aliphatic rings. The van der Waals surface area contributed by atoms with Crippen LogP contribution < -0.4 is 52.5 Å². The van der Waals surface area contributed by atoms with E-state index in [-0.39, 0.29) is 189 Å². The number of primary amides is 1. The first-order valence-corrected chi connectivity index (χ1v) is 43.9. The SMILES string of the molecule is CC(=O)O[C@@H]1[C@H](C)C/C=C/O[C@@]2(C)Oc3c(C)c(O)c4c(=O)c(c5oc6cc(OC7CCN(C(=O)OCc8ccc(NC(=O)[C@H](CCCNC(N)=O)NC(=O)[C@@H](NC(=O)CCOCCOCCOCCOCCOCCOCCOCCOCCNC(=O)CCN9C(=O)C=CC9=O)C(C)C)cc8)CC7)ccc6nc-5c4c3C2=O)NC(=O)/C(C)=C\C=C\[C@H](C)C[C@@H](C)C[C@H]1C. The summed E-state index contributed by atoms with van der Waals surface area (Å²) in [6, 6.07) is 8.57. The summed E-state index contributed by atoms with van der Waals surface area (Å²) < 4.78 is 81.3. The van der Waals surface area contributed by atoms with Crippen molar-refractivity contribution in [2.75, 3.05) is 149 Å². The molecule has 129 heavy (non-hydrogen) atoms. The highest BCUT2D eigenvalue weighted by Crippen LogP contribution is 2.51. The van der Waals surface area contributed by atoms with Gasteiger partial charge in [0.25, 0.3) is 23.5 Å². The molecule has 1 fully saturated rings. The second-order valence-corrected chi connectivity index (χ2v) is 32.8. The number of piperidine rings is 1. The van der Waals surface area contributed by atoms with Crippen molar-refractivity contribution < 1.29 is 124 Å². The van der Waals surface area contributed by atoms with Gasteiger partial charge < -0.3 is 114 Å². The zero-order valence-corrected chi connectivity index (χ0v) is 75.2. The number of hydrogen-bond acceptors (Lipinski definition) is 28. The highest BCUT2D eigenvalue weighted by molar-refractivity contribution is 6.22. The van der Waals surface area contributed by atoms with Crippen LogP contribution in [0, 0.1) is 36.5 Å². The number of phenols is 1. The van der Waals surface area contributed by atoms with Crippen LogP contribution in [0.2, 0.25) is 0 Å². The molecule has 4 bridgehead atoms. The van der Waals surface area contributed by atoms with E-state index in [2.05, 4.69) is 52.7 Å². The fourth-order valence-electron chi connectivity index (χ4n) is 15.1. The van der Waals surface area contributed by atoms with Gasteiger partial charge in [-0.2, -0.15) is 0 Å². The lowest BCUT2D eigenvalue weighted by atomic mass is 9.82. The summed E-state index contributed by atoms with van der Waals surface area (Å²) >= 11 is 0. The number of aromatic hydroxyl groups is 1. The number of phenolic OH excluding ortho intramolecular Hbond substituents is 1. The van der Waals surface area contributed by atoms with E-state index >= 15 is 4.79 Å². The number of aromatic nitrogens is 1. The van der Waals surface area contributed by atoms with Crippen molar-refractivity contribution in [3.8, 4) is 28.7 Å². The third-order valence-corrected chi connectivity index (χ3v) is 21.9. The number of ketones is 1. The van der Waals surface area contributed by atoms with Crippen LogP contribution in [0.1, 0.15) is 142 Å². The number of anilines is 2. The molecule has 1 aliphatic carbocycles. The van der Waals surface area contributed by atoms with E-state index in [0.717, 1.165) is 17.7 Å². The van der Waals surface area contributed by atoms with Crippen molar-refractivity contribution in [3.05, 3.63) is 118 Å². The van der Waals surface area contributed by atoms with Crippen LogP contribution in [-0.4, -0.2) is 254 Å². The minimum absolute atomic E-state index is 0.00226. The second-order valence-electron chi connectivity index (χ2n) is 32.8. The summed E-state index contributed by atoms with van der Waals surface area (Å²) in [5.41, 5.74) is 5.61. The Hall–Kier alpha value is -11.5. The maximum atomic E-state index is 15.1. The molecule has 5 aliphatic heterocycles. The van der Waals surface area contributed by atoms with Crippen LogP contribution >= 0.6 is 0 Å². The molecule has 3 aromatic carbocycles. The number of amides is 10. The van der Waals surface area contributed by atoms with Gasteiger partial charge in [0.15, 0.2) is 11.3 Å². The molecule has 37 nitrogen and oxygen atoms in total. The van der Waals surface area contributed by atoms with Gasteiger partial charge in [0.2, 0.25) is 29.1 Å². The maximum absolute atomic E-state index is 15.1. The Bertz CT molecular complexity index is 4810. The van der Waals surface area contributed by atoms with Gasteiger partial charge in [-0.3, -0.25) is 52.8 Å². The van der Waals surface area contributed by atoms with Gasteiger partial charge in [-0.05, 0) is 111 Å². The second kappa shape index (κ2) is 51.1. The molecule has 0 radical (unpaired) electrons. The van der Waals surface area contributed by atoms with Crippen LogP contribution in [-0.2, 0) is 97.1 Å². The Labute approximate surface area is 749 Å². The van der Waals surface area contributed by atoms with Gasteiger partial charge in [-0.15, -0.1) is 0 Å². The number of ether oxygens (including phenoxy) is 13. The van der Waals surface area contributed by atoms with Crippen molar-refractivity contribution >= 4 is 98.5 Å². The summed E-state index contributed by atoms with van der Waals surface area (Å²) in [6.45, 7) is 23.7. The Morgan fingerprint density at radius 2 is 1.33 bits per heavy atom. The van der Waals surface area contributed by atoms with Gasteiger partial charge in [0, 0.05) is 113 Å². The number of allylic oxidation sites excluding steroid dienone is 4. The number of nitrogens with zero attached hydrogens (tertiary/aromatic N) is 3. The van der Waals surface area contributed by atoms with Crippen LogP contribution in [0.4, 0.5) is 21.0 Å². The number of esters is 1. The van der Waals surface area contributed by atoms with E-state index in [1.807, 2.05) is 13.0 Å². The fourth-order valence-corrected chi connectivity index (χ4v) is 15.1. The largest absolute Gasteiger partial charge is 0.507 e. The van der Waals surface area contributed by atoms with Gasteiger partial charge in [-0.25, -0.2) is 14.6 Å². The maximum Gasteiger partial charge on any atom is 0.410 e. The average Bonchev–Trinajstić information content (AvgIpc) is 1.63. The van der Waals surface area contributed by atoms with E-state index in [9.17, 15) is 57.8 Å². The number of imide groups is 1. The van der Waals surface area contributed by atoms with Crippen molar-refractivity contribution in [3.63, 3.8) is 0 Å². The molecule has 1 saturated heterocycles. The van der Waals surface area contributed by atoms with Crippen molar-refractivity contribution in [2.45, 2.75) is 164 Å². The highest BCUT2D eigenvalue weighted by Gasteiger charge is 2.50. The number of likely N-dealkylation sites (tertiary alicyclic amines) is 1. The van der Waals surface area contributed by atoms with E-state index in [1.54, 1.807) is 86.4 Å². The number of urea groups is 1. The average molecular weight is 1800 g/mol. The number of benzene rings is 4. The van der Waals surface area contributed by atoms with E-state index in [4.69, 9.17) is 76.7 Å². The lowest BCUT2D eigenvalue weighted by Crippen LogP contribution is -2.54. The van der Waals surface area contributed by atoms with Crippen molar-refractivity contribution in [1.82, 2.24) is 36.1 Å². The smallest absolute Gasteiger partial charge is 0.410 e. The topological polar surface area (TPSA) is 476 Å². The third kappa shape index (κ3) is 30.9. The Balaban J connectivity index is 0.678. The Morgan fingerprint density at radius 3 is 1.93 bits per heavy atom. The van der Waals surface area contributed by atoms with Gasteiger partial charge >= 0.3 is 23.9 Å². The zero-order chi connectivity index (χ0) is 93.1. The monoisotopic (exact) mass is 1800 g/mol. The first-order valence-electron chi connectivity index (χ1n) is 43.9. The lowest BCUT2D eigenvalue weighted by molar-refractivity contribution is -0.152. The number of carbonyl (C=O) groups is 11. The van der Waals surface area contributed by atoms with E-state index in [0.29, 0.717) is 116 Å². The Morgan fingerprint density at radius 1 is 0.713 bits per heavy atom. The molecule has 5 heterocycles. The third-order valence-electron chi connectivity index (χ3n) is 21.9. The van der Waals surface area contributed by atoms with Crippen molar-refractivity contribution in [1.29, 1.82) is 0 Å². The molecule has 9 N–H and O–H groups in total. The molecule has 8 atom stereocenters. The molecular weight excluding hydrogens is 1680 g/mol. The fraction of sp³-hybridized carbons (Fsp3) is 0.554. The summed E-state index contributed by atoms with van der Waals surface area (Å²) in [5, 5.41) is 27.9. The predicted octanol–water partition coefficient (Wildman–Crippen LogP) is 8.53. The standard InChI is InChI=1S/C92H124N10O27/c1-56(2)78(99-72(105)29-36-116-38-40-118-42-44-120-46-48-122-50-51-123-49-47-121-45-43-119-41-39-117-37-31-94-71(104)28-34-102-73(106)24-25-74(102)107)89(113)98-69(17-12-30-95-90(93)114)88(112)96-65-20-18-64(19-21-65)55-124-91(115)101-32-26-66(27-33-101)127-67-22-23-68-70(54-67)128-85-79(97-68)75-76-81(108)62(8)84-77(75)86(110)92(10,129-84)125-35-13-16-59(5)83(126-63(9)103)61(7)53-58(4)52-57(3)14-11-15-60(6)87(111)100-80(85)82(76)109/h11,13-15,18-25,35,54,56-59,61,66,69,78,83,108H,12,16-17,26-34,36-53,55H2,1-10H3,(H,94,104)(H,96,112)(H,98,113)(H,99,105)(H,100,111)(H3,93,95,114)/b14-11+,35-13+,60-15-/t57-,58+,59+,61+,69-,78-,83+,92-/m0/s1. The highest BCUT2D eigenvalue weighted by atomic mass is 16.7. The van der Waals surface area contributed by atoms with Gasteiger partial charge in [-0.1, -0.05) is 71.9 Å². The number of hydrogen-bond donors (Lipinski definition) is 8. The van der Waals surface area contributed by atoms with Gasteiger partial charge in [0.1, 0.15) is 65.0 Å². The van der Waals surface area contributed by atoms with Gasteiger partial charge in [0.05, 0.1) is 123 Å². The van der Waals surface area contributed by atoms with Crippen LogP contribution in [0.3, 0.4) is 0 Å². The summed E-state index contributed by atoms with van der Waals surface area (Å²) in [5.74, 6) is -7.09. The zero-order valence-electron chi connectivity index (χ0n) is 75.2. The van der Waals surface area contributed by atoms with Crippen LogP contribution in [0.15, 0.2) is 100.0 Å². The van der Waals surface area contributed by atoms with Crippen molar-refractivity contribution in [2.24, 2.45) is 35.3 Å². The summed E-state index contributed by atoms with van der Waals surface area (Å²) in [4.78, 5) is 165. The Kier molecular flexibility index (Phi) is 40.1. The summed E-state index contributed by atoms with van der Waals surface area (Å²) in [7, 11) is 0. The van der Waals surface area contributed by atoms with E-state index in [1.165, 1.54) is 39.2 Å². The first kappa shape index (κ1) is 101. The summed E-state index contributed by atoms with van der Waals surface area (Å²) in [6.07, 6.45) is 12.6. The predicted molar refractivity (Wildman–Crippen MR) is 473 cm³/mol. The first-order chi connectivity index (χ1) is 61.9. The molecule has 0 unspecified atom stereocenters. The number of rotatable bonds is 45. The molecule has 37 heteroatoms. The quantitative estimate of drug-likeness (QED) is 0.00594. The molecular formula is C92H124N10O27. The number of nitrogens with two attached hydrogens (primary N) is 1. The molecule has 9 rings (SSSR count). The van der Waals surface area contributed by atoms with Crippen LogP contribution in [0.5, 0.6) is 17.2 Å². The number of fused-ring (bicyclic) bond motifs is 2. The number of Topliss-reactive ketones (excluding diaryl/α,β-unsaturated/α-hetero) is 1. The molecule has 0 aromatic heterocycles. The molecule has 0 saturated carbocycles. The van der Waals surface area contributed by atoms with E-state index < -0.39 is 100 Å². The normalized spacial score (nSPS) is 20.1. The number of carbonyl (C=O) groups excluding carboxylic acids is 11. The molecule has 704 valence electrons. The molecule has 3 aromatic rings. The van der Waals surface area contributed by atoms with Crippen LogP contribution in [0.25, 0.3) is 33.3 Å².